The van der Waals surface area contributed by atoms with Gasteiger partial charge in [-0.3, -0.25) is 14.9 Å². The summed E-state index contributed by atoms with van der Waals surface area (Å²) in [6.07, 6.45) is 1.49. The van der Waals surface area contributed by atoms with E-state index in [4.69, 9.17) is 4.74 Å². The zero-order valence-electron chi connectivity index (χ0n) is 12.5. The Morgan fingerprint density at radius 1 is 1.48 bits per heavy atom. The number of nitrogens with one attached hydrogen (secondary N) is 1. The van der Waals surface area contributed by atoms with Crippen LogP contribution in [0.5, 0.6) is 5.75 Å². The monoisotopic (exact) mass is 322 g/mol. The summed E-state index contributed by atoms with van der Waals surface area (Å²) in [7, 11) is 0. The van der Waals surface area contributed by atoms with E-state index in [-0.39, 0.29) is 35.8 Å². The number of rotatable bonds is 6. The van der Waals surface area contributed by atoms with Gasteiger partial charge < -0.3 is 10.1 Å². The van der Waals surface area contributed by atoms with E-state index in [1.165, 1.54) is 16.9 Å². The van der Waals surface area contributed by atoms with Crippen LogP contribution in [0, 0.1) is 15.9 Å². The van der Waals surface area contributed by atoms with Crippen LogP contribution in [-0.4, -0.2) is 26.7 Å². The van der Waals surface area contributed by atoms with E-state index in [1.807, 2.05) is 13.8 Å². The predicted octanol–water partition coefficient (Wildman–Crippen LogP) is 2.11. The van der Waals surface area contributed by atoms with Gasteiger partial charge in [0.05, 0.1) is 4.92 Å². The van der Waals surface area contributed by atoms with E-state index in [0.717, 1.165) is 18.2 Å². The molecule has 9 heteroatoms. The fraction of sp³-hybridized carbons (Fsp3) is 0.286. The first kappa shape index (κ1) is 16.4. The maximum Gasteiger partial charge on any atom is 0.311 e. The number of ether oxygens (including phenoxy) is 1. The molecule has 1 amide bonds. The Bertz CT molecular complexity index is 729. The summed E-state index contributed by atoms with van der Waals surface area (Å²) in [5, 5.41) is 17.5. The first-order valence-electron chi connectivity index (χ1n) is 6.78. The van der Waals surface area contributed by atoms with Crippen molar-refractivity contribution in [3.05, 3.63) is 52.1 Å². The van der Waals surface area contributed by atoms with Crippen LogP contribution in [0.1, 0.15) is 24.3 Å². The van der Waals surface area contributed by atoms with Gasteiger partial charge in [0.25, 0.3) is 5.91 Å². The number of carbonyl (C=O) groups is 1. The SMILES string of the molecule is CC(C)NC(=O)c1ccn(COc2cc(F)ccc2[N+](=O)[O-])n1. The molecule has 1 aromatic carbocycles. The highest BCUT2D eigenvalue weighted by molar-refractivity contribution is 5.92. The third-order valence-electron chi connectivity index (χ3n) is 2.76. The van der Waals surface area contributed by atoms with Crippen LogP contribution in [0.4, 0.5) is 10.1 Å². The van der Waals surface area contributed by atoms with Crippen molar-refractivity contribution < 1.29 is 18.8 Å². The topological polar surface area (TPSA) is 99.3 Å². The Morgan fingerprint density at radius 2 is 2.22 bits per heavy atom. The van der Waals surface area contributed by atoms with Gasteiger partial charge in [-0.1, -0.05) is 0 Å². The molecular formula is C14H15FN4O4. The first-order valence-corrected chi connectivity index (χ1v) is 6.78. The number of nitrogens with zero attached hydrogens (tertiary/aromatic N) is 3. The van der Waals surface area contributed by atoms with E-state index < -0.39 is 10.7 Å². The number of hydrogen-bond donors (Lipinski definition) is 1. The smallest absolute Gasteiger partial charge is 0.311 e. The molecule has 0 unspecified atom stereocenters. The van der Waals surface area contributed by atoms with Gasteiger partial charge in [0.2, 0.25) is 5.75 Å². The fourth-order valence-electron chi connectivity index (χ4n) is 1.78. The van der Waals surface area contributed by atoms with Crippen LogP contribution >= 0.6 is 0 Å². The standard InChI is InChI=1S/C14H15FN4O4/c1-9(2)16-14(20)11-5-6-18(17-11)8-23-13-7-10(15)3-4-12(13)19(21)22/h3-7,9H,8H2,1-2H3,(H,16,20). The molecule has 2 rings (SSSR count). The minimum atomic E-state index is -0.667. The van der Waals surface area contributed by atoms with Crippen molar-refractivity contribution in [2.24, 2.45) is 0 Å². The number of hydrogen-bond acceptors (Lipinski definition) is 5. The molecule has 122 valence electrons. The highest BCUT2D eigenvalue weighted by Gasteiger charge is 2.16. The Labute approximate surface area is 131 Å². The van der Waals surface area contributed by atoms with E-state index in [1.54, 1.807) is 0 Å². The van der Waals surface area contributed by atoms with Crippen molar-refractivity contribution in [3.63, 3.8) is 0 Å². The van der Waals surface area contributed by atoms with Crippen LogP contribution in [0.15, 0.2) is 30.5 Å². The lowest BCUT2D eigenvalue weighted by molar-refractivity contribution is -0.386. The van der Waals surface area contributed by atoms with Crippen LogP contribution in [0.25, 0.3) is 0 Å². The summed E-state index contributed by atoms with van der Waals surface area (Å²) in [4.78, 5) is 22.0. The van der Waals surface area contributed by atoms with Crippen LogP contribution in [0.3, 0.4) is 0 Å². The molecule has 0 saturated heterocycles. The van der Waals surface area contributed by atoms with Gasteiger partial charge in [-0.15, -0.1) is 0 Å². The van der Waals surface area contributed by atoms with Crippen molar-refractivity contribution in [3.8, 4) is 5.75 Å². The molecule has 0 saturated carbocycles. The van der Waals surface area contributed by atoms with E-state index >= 15 is 0 Å². The summed E-state index contributed by atoms with van der Waals surface area (Å²) in [6, 6.07) is 4.39. The summed E-state index contributed by atoms with van der Waals surface area (Å²) >= 11 is 0. The molecule has 8 nitrogen and oxygen atoms in total. The number of aromatic nitrogens is 2. The normalized spacial score (nSPS) is 10.6. The molecule has 0 spiro atoms. The lowest BCUT2D eigenvalue weighted by Crippen LogP contribution is -2.30. The Balaban J connectivity index is 2.07. The molecule has 23 heavy (non-hydrogen) atoms. The van der Waals surface area contributed by atoms with Crippen molar-refractivity contribution in [1.82, 2.24) is 15.1 Å². The second-order valence-electron chi connectivity index (χ2n) is 5.01. The van der Waals surface area contributed by atoms with Gasteiger partial charge in [-0.2, -0.15) is 5.10 Å². The zero-order valence-corrected chi connectivity index (χ0v) is 12.5. The van der Waals surface area contributed by atoms with Crippen molar-refractivity contribution >= 4 is 11.6 Å². The van der Waals surface area contributed by atoms with Gasteiger partial charge in [0.15, 0.2) is 6.73 Å². The van der Waals surface area contributed by atoms with Gasteiger partial charge in [0, 0.05) is 24.4 Å². The molecule has 0 aliphatic heterocycles. The van der Waals surface area contributed by atoms with E-state index in [9.17, 15) is 19.3 Å². The summed E-state index contributed by atoms with van der Waals surface area (Å²) in [6.45, 7) is 3.45. The van der Waals surface area contributed by atoms with E-state index in [2.05, 4.69) is 10.4 Å². The zero-order chi connectivity index (χ0) is 17.0. The van der Waals surface area contributed by atoms with Crippen molar-refractivity contribution in [2.45, 2.75) is 26.6 Å². The molecule has 0 bridgehead atoms. The quantitative estimate of drug-likeness (QED) is 0.648. The van der Waals surface area contributed by atoms with E-state index in [0.29, 0.717) is 0 Å². The Morgan fingerprint density at radius 3 is 2.87 bits per heavy atom. The third kappa shape index (κ3) is 4.25. The highest BCUT2D eigenvalue weighted by atomic mass is 19.1. The molecule has 0 radical (unpaired) electrons. The van der Waals surface area contributed by atoms with Gasteiger partial charge in [-0.25, -0.2) is 9.07 Å². The second-order valence-corrected chi connectivity index (χ2v) is 5.01. The van der Waals surface area contributed by atoms with Crippen molar-refractivity contribution in [1.29, 1.82) is 0 Å². The fourth-order valence-corrected chi connectivity index (χ4v) is 1.78. The number of carbonyl (C=O) groups excluding carboxylic acids is 1. The molecule has 1 aromatic heterocycles. The minimum absolute atomic E-state index is 0.0288. The average molecular weight is 322 g/mol. The van der Waals surface area contributed by atoms with Crippen LogP contribution < -0.4 is 10.1 Å². The minimum Gasteiger partial charge on any atom is -0.464 e. The summed E-state index contributed by atoms with van der Waals surface area (Å²) in [5.74, 6) is -1.20. The highest BCUT2D eigenvalue weighted by Crippen LogP contribution is 2.27. The number of nitro benzene ring substituents is 1. The number of amides is 1. The maximum absolute atomic E-state index is 13.2. The maximum atomic E-state index is 13.2. The molecular weight excluding hydrogens is 307 g/mol. The number of benzene rings is 1. The Kier molecular flexibility index (Phi) is 4.89. The number of nitro groups is 1. The number of halogens is 1. The second kappa shape index (κ2) is 6.86. The predicted molar refractivity (Wildman–Crippen MR) is 78.5 cm³/mol. The average Bonchev–Trinajstić information content (AvgIpc) is 2.93. The van der Waals surface area contributed by atoms with Gasteiger partial charge in [0.1, 0.15) is 11.5 Å². The van der Waals surface area contributed by atoms with Crippen LogP contribution in [0.2, 0.25) is 0 Å². The third-order valence-corrected chi connectivity index (χ3v) is 2.76. The molecule has 0 aliphatic rings. The molecule has 2 aromatic rings. The van der Waals surface area contributed by atoms with Gasteiger partial charge >= 0.3 is 5.69 Å². The molecule has 1 N–H and O–H groups in total. The molecule has 1 heterocycles. The molecule has 0 atom stereocenters. The Hall–Kier alpha value is -2.97. The first-order chi connectivity index (χ1) is 10.9. The summed E-state index contributed by atoms with van der Waals surface area (Å²) in [5.41, 5.74) is -0.160. The largest absolute Gasteiger partial charge is 0.464 e. The van der Waals surface area contributed by atoms with Crippen LogP contribution in [-0.2, 0) is 6.73 Å². The van der Waals surface area contributed by atoms with Gasteiger partial charge in [-0.05, 0) is 26.0 Å². The van der Waals surface area contributed by atoms with Crippen molar-refractivity contribution in [2.75, 3.05) is 0 Å². The lowest BCUT2D eigenvalue weighted by atomic mass is 10.3. The molecule has 0 aliphatic carbocycles. The lowest BCUT2D eigenvalue weighted by Gasteiger charge is -2.07. The molecule has 0 fully saturated rings. The summed E-state index contributed by atoms with van der Waals surface area (Å²) < 4.78 is 19.7.